The SMILES string of the molecule is CC(Cl)CC(C)(C)c1c(Cl)cccc1Br. The Kier molecular flexibility index (Phi) is 4.51. The summed E-state index contributed by atoms with van der Waals surface area (Å²) in [6.45, 7) is 6.34. The zero-order valence-corrected chi connectivity index (χ0v) is 12.2. The van der Waals surface area contributed by atoms with Gasteiger partial charge in [0.1, 0.15) is 0 Å². The van der Waals surface area contributed by atoms with Crippen LogP contribution in [-0.4, -0.2) is 5.38 Å². The minimum atomic E-state index is -0.0155. The monoisotopic (exact) mass is 308 g/mol. The van der Waals surface area contributed by atoms with Crippen molar-refractivity contribution in [2.24, 2.45) is 0 Å². The van der Waals surface area contributed by atoms with Gasteiger partial charge in [-0.1, -0.05) is 47.4 Å². The second-order valence-electron chi connectivity index (χ2n) is 4.47. The van der Waals surface area contributed by atoms with Crippen LogP contribution in [0.4, 0.5) is 0 Å². The first-order chi connectivity index (χ1) is 6.84. The molecule has 1 aromatic rings. The largest absolute Gasteiger partial charge is 0.123 e. The van der Waals surface area contributed by atoms with Gasteiger partial charge in [-0.15, -0.1) is 11.6 Å². The van der Waals surface area contributed by atoms with E-state index in [0.717, 1.165) is 21.5 Å². The molecule has 0 radical (unpaired) electrons. The molecule has 0 spiro atoms. The third-order valence-electron chi connectivity index (χ3n) is 2.43. The lowest BCUT2D eigenvalue weighted by Gasteiger charge is -2.28. The van der Waals surface area contributed by atoms with Crippen molar-refractivity contribution in [1.29, 1.82) is 0 Å². The van der Waals surface area contributed by atoms with E-state index in [9.17, 15) is 0 Å². The van der Waals surface area contributed by atoms with Crippen molar-refractivity contribution >= 4 is 39.1 Å². The standard InChI is InChI=1S/C12H15BrCl2/c1-8(14)7-12(2,3)11-9(13)5-4-6-10(11)15/h4-6,8H,7H2,1-3H3. The van der Waals surface area contributed by atoms with Gasteiger partial charge >= 0.3 is 0 Å². The van der Waals surface area contributed by atoms with Gasteiger partial charge in [0.2, 0.25) is 0 Å². The predicted octanol–water partition coefficient (Wildman–Crippen LogP) is 5.40. The van der Waals surface area contributed by atoms with E-state index in [1.807, 2.05) is 25.1 Å². The smallest absolute Gasteiger partial charge is 0.0454 e. The molecule has 0 saturated carbocycles. The first-order valence-corrected chi connectivity index (χ1v) is 6.54. The topological polar surface area (TPSA) is 0 Å². The van der Waals surface area contributed by atoms with Crippen molar-refractivity contribution in [3.05, 3.63) is 33.3 Å². The van der Waals surface area contributed by atoms with Gasteiger partial charge in [-0.3, -0.25) is 0 Å². The van der Waals surface area contributed by atoms with Crippen molar-refractivity contribution in [3.63, 3.8) is 0 Å². The van der Waals surface area contributed by atoms with Gasteiger partial charge in [-0.25, -0.2) is 0 Å². The Hall–Kier alpha value is 0.280. The highest BCUT2D eigenvalue weighted by Crippen LogP contribution is 2.39. The minimum Gasteiger partial charge on any atom is -0.123 e. The number of rotatable bonds is 3. The van der Waals surface area contributed by atoms with E-state index in [2.05, 4.69) is 29.8 Å². The van der Waals surface area contributed by atoms with Gasteiger partial charge in [0.05, 0.1) is 0 Å². The van der Waals surface area contributed by atoms with Gasteiger partial charge in [0, 0.05) is 14.9 Å². The maximum Gasteiger partial charge on any atom is 0.0454 e. The van der Waals surface area contributed by atoms with Crippen molar-refractivity contribution in [3.8, 4) is 0 Å². The highest BCUT2D eigenvalue weighted by molar-refractivity contribution is 9.10. The first kappa shape index (κ1) is 13.3. The van der Waals surface area contributed by atoms with Crippen LogP contribution >= 0.6 is 39.1 Å². The molecule has 1 atom stereocenters. The molecule has 0 amide bonds. The fourth-order valence-corrected chi connectivity index (χ4v) is 3.78. The quantitative estimate of drug-likeness (QED) is 0.656. The molecule has 0 aromatic heterocycles. The molecule has 0 bridgehead atoms. The van der Waals surface area contributed by atoms with Crippen LogP contribution in [0.25, 0.3) is 0 Å². The molecule has 1 unspecified atom stereocenters. The fourth-order valence-electron chi connectivity index (χ4n) is 1.95. The van der Waals surface area contributed by atoms with E-state index in [4.69, 9.17) is 23.2 Å². The van der Waals surface area contributed by atoms with Gasteiger partial charge in [0.25, 0.3) is 0 Å². The highest BCUT2D eigenvalue weighted by Gasteiger charge is 2.27. The third kappa shape index (κ3) is 3.37. The summed E-state index contributed by atoms with van der Waals surface area (Å²) >= 11 is 15.8. The normalized spacial score (nSPS) is 14.0. The number of halogens is 3. The van der Waals surface area contributed by atoms with E-state index < -0.39 is 0 Å². The van der Waals surface area contributed by atoms with E-state index in [1.165, 1.54) is 0 Å². The van der Waals surface area contributed by atoms with Gasteiger partial charge in [0.15, 0.2) is 0 Å². The fraction of sp³-hybridized carbons (Fsp3) is 0.500. The summed E-state index contributed by atoms with van der Waals surface area (Å²) in [6.07, 6.45) is 0.900. The van der Waals surface area contributed by atoms with Crippen LogP contribution in [0.3, 0.4) is 0 Å². The van der Waals surface area contributed by atoms with Crippen molar-refractivity contribution < 1.29 is 0 Å². The second-order valence-corrected chi connectivity index (χ2v) is 6.47. The third-order valence-corrected chi connectivity index (χ3v) is 3.56. The zero-order valence-electron chi connectivity index (χ0n) is 9.15. The molecule has 0 N–H and O–H groups in total. The summed E-state index contributed by atoms with van der Waals surface area (Å²) in [5, 5.41) is 0.940. The molecule has 84 valence electrons. The van der Waals surface area contributed by atoms with Gasteiger partial charge < -0.3 is 0 Å². The Labute approximate surface area is 110 Å². The molecule has 0 aliphatic heterocycles. The number of benzene rings is 1. The molecule has 0 nitrogen and oxygen atoms in total. The lowest BCUT2D eigenvalue weighted by atomic mass is 9.80. The first-order valence-electron chi connectivity index (χ1n) is 4.93. The van der Waals surface area contributed by atoms with Crippen LogP contribution in [0.1, 0.15) is 32.8 Å². The van der Waals surface area contributed by atoms with E-state index in [-0.39, 0.29) is 10.8 Å². The second kappa shape index (κ2) is 5.07. The molecular weight excluding hydrogens is 295 g/mol. The number of alkyl halides is 1. The molecule has 15 heavy (non-hydrogen) atoms. The Morgan fingerprint density at radius 3 is 2.47 bits per heavy atom. The average Bonchev–Trinajstić information content (AvgIpc) is 1.99. The van der Waals surface area contributed by atoms with Crippen LogP contribution in [0, 0.1) is 0 Å². The number of hydrogen-bond acceptors (Lipinski definition) is 0. The Bertz CT molecular complexity index is 325. The van der Waals surface area contributed by atoms with Crippen LogP contribution < -0.4 is 0 Å². The van der Waals surface area contributed by atoms with Crippen LogP contribution in [-0.2, 0) is 5.41 Å². The molecule has 1 aromatic carbocycles. The zero-order chi connectivity index (χ0) is 11.6. The molecule has 0 saturated heterocycles. The summed E-state index contributed by atoms with van der Waals surface area (Å²) in [4.78, 5) is 0. The van der Waals surface area contributed by atoms with E-state index in [0.29, 0.717) is 0 Å². The molecule has 1 rings (SSSR count). The maximum absolute atomic E-state index is 6.22. The summed E-state index contributed by atoms with van der Waals surface area (Å²) in [6, 6.07) is 5.88. The van der Waals surface area contributed by atoms with Gasteiger partial charge in [-0.2, -0.15) is 0 Å². The van der Waals surface area contributed by atoms with E-state index >= 15 is 0 Å². The summed E-state index contributed by atoms with van der Waals surface area (Å²) in [7, 11) is 0. The van der Waals surface area contributed by atoms with E-state index in [1.54, 1.807) is 0 Å². The van der Waals surface area contributed by atoms with Gasteiger partial charge in [-0.05, 0) is 36.5 Å². The Balaban J connectivity index is 3.14. The average molecular weight is 310 g/mol. The van der Waals surface area contributed by atoms with Crippen molar-refractivity contribution in [2.45, 2.75) is 38.0 Å². The lowest BCUT2D eigenvalue weighted by Crippen LogP contribution is -2.22. The van der Waals surface area contributed by atoms with Crippen molar-refractivity contribution in [2.75, 3.05) is 0 Å². The summed E-state index contributed by atoms with van der Waals surface area (Å²) < 4.78 is 1.05. The molecule has 0 aliphatic carbocycles. The molecular formula is C12H15BrCl2. The highest BCUT2D eigenvalue weighted by atomic mass is 79.9. The van der Waals surface area contributed by atoms with Crippen LogP contribution in [0.2, 0.25) is 5.02 Å². The minimum absolute atomic E-state index is 0.0155. The summed E-state index contributed by atoms with van der Waals surface area (Å²) in [5.74, 6) is 0. The molecule has 0 heterocycles. The molecule has 0 aliphatic rings. The number of hydrogen-bond donors (Lipinski definition) is 0. The summed E-state index contributed by atoms with van der Waals surface area (Å²) in [5.41, 5.74) is 1.12. The van der Waals surface area contributed by atoms with Crippen LogP contribution in [0.15, 0.2) is 22.7 Å². The van der Waals surface area contributed by atoms with Crippen LogP contribution in [0.5, 0.6) is 0 Å². The molecule has 3 heteroatoms. The Morgan fingerprint density at radius 1 is 1.40 bits per heavy atom. The predicted molar refractivity (Wildman–Crippen MR) is 72.1 cm³/mol. The van der Waals surface area contributed by atoms with Crippen molar-refractivity contribution in [1.82, 2.24) is 0 Å². The maximum atomic E-state index is 6.22. The Morgan fingerprint density at radius 2 is 2.00 bits per heavy atom. The lowest BCUT2D eigenvalue weighted by molar-refractivity contribution is 0.475. The molecule has 0 fully saturated rings.